The summed E-state index contributed by atoms with van der Waals surface area (Å²) in [5.41, 5.74) is 19.4. The molecular weight excluding hydrogens is 510 g/mol. The number of hydrogen-bond donors (Lipinski definition) is 1. The molecule has 3 heterocycles. The molecule has 202 valence electrons. The average Bonchev–Trinajstić information content (AvgIpc) is 3.65. The molecule has 0 radical (unpaired) electrons. The van der Waals surface area contributed by atoms with Crippen LogP contribution in [-0.4, -0.2) is 9.13 Å². The summed E-state index contributed by atoms with van der Waals surface area (Å²) in [5.74, 6) is 0.496. The molecule has 0 saturated carbocycles. The zero-order valence-electron chi connectivity index (χ0n) is 23.6. The van der Waals surface area contributed by atoms with Crippen LogP contribution in [0.2, 0.25) is 0 Å². The van der Waals surface area contributed by atoms with E-state index in [0.29, 0.717) is 5.92 Å². The van der Waals surface area contributed by atoms with Gasteiger partial charge in [-0.15, -0.1) is 0 Å². The van der Waals surface area contributed by atoms with Gasteiger partial charge in [0.2, 0.25) is 0 Å². The molecule has 0 spiro atoms. The first-order chi connectivity index (χ1) is 20.7. The van der Waals surface area contributed by atoms with Gasteiger partial charge in [0.25, 0.3) is 0 Å². The van der Waals surface area contributed by atoms with Gasteiger partial charge in [-0.2, -0.15) is 0 Å². The largest absolute Gasteiger partial charge is 0.338 e. The van der Waals surface area contributed by atoms with Crippen molar-refractivity contribution >= 4 is 49.2 Å². The fourth-order valence-corrected chi connectivity index (χ4v) is 7.51. The van der Waals surface area contributed by atoms with Crippen molar-refractivity contribution in [3.63, 3.8) is 0 Å². The Morgan fingerprint density at radius 1 is 0.667 bits per heavy atom. The Kier molecular flexibility index (Phi) is 5.00. The summed E-state index contributed by atoms with van der Waals surface area (Å²) in [6.45, 7) is 3.14. The van der Waals surface area contributed by atoms with Crippen LogP contribution in [-0.2, 0) is 6.54 Å². The highest BCUT2D eigenvalue weighted by atomic mass is 15.0. The predicted octanol–water partition coefficient (Wildman–Crippen LogP) is 9.55. The van der Waals surface area contributed by atoms with E-state index < -0.39 is 0 Å². The zero-order chi connectivity index (χ0) is 27.9. The van der Waals surface area contributed by atoms with E-state index in [1.165, 1.54) is 77.1 Å². The lowest BCUT2D eigenvalue weighted by atomic mass is 9.88. The average molecular weight is 542 g/mol. The van der Waals surface area contributed by atoms with Crippen LogP contribution in [0.3, 0.4) is 0 Å². The molecular formula is C39H31N3. The maximum atomic E-state index is 6.82. The van der Waals surface area contributed by atoms with Crippen LogP contribution in [0, 0.1) is 5.92 Å². The third-order valence-electron chi connectivity index (χ3n) is 9.56. The van der Waals surface area contributed by atoms with Gasteiger partial charge in [-0.05, 0) is 70.5 Å². The summed E-state index contributed by atoms with van der Waals surface area (Å²) in [5, 5.41) is 5.12. The molecule has 2 unspecified atom stereocenters. The highest BCUT2D eigenvalue weighted by Gasteiger charge is 2.27. The number of aromatic nitrogens is 2. The number of allylic oxidation sites excluding steroid dienone is 4. The van der Waals surface area contributed by atoms with Crippen LogP contribution < -0.4 is 5.73 Å². The summed E-state index contributed by atoms with van der Waals surface area (Å²) in [4.78, 5) is 0. The molecule has 42 heavy (non-hydrogen) atoms. The maximum absolute atomic E-state index is 6.82. The summed E-state index contributed by atoms with van der Waals surface area (Å²) >= 11 is 0. The van der Waals surface area contributed by atoms with E-state index in [2.05, 4.69) is 137 Å². The van der Waals surface area contributed by atoms with Crippen molar-refractivity contribution in [1.29, 1.82) is 0 Å². The Bertz CT molecular complexity index is 2280. The lowest BCUT2D eigenvalue weighted by Gasteiger charge is -2.18. The fraction of sp³-hybridized carbons (Fsp3) is 0.128. The SMILES string of the molecule is CC1CC=CC=C1c1ccc2c3ccc(-c4ccccc4)cc3n(-c3cc4c5c(c3)c3ccccc3n5CC4N)c2c1. The number of benzene rings is 5. The Hall–Kier alpha value is -4.86. The lowest BCUT2D eigenvalue weighted by molar-refractivity contribution is 0.647. The van der Waals surface area contributed by atoms with Crippen molar-refractivity contribution in [1.82, 2.24) is 9.13 Å². The van der Waals surface area contributed by atoms with Gasteiger partial charge in [0.05, 0.1) is 16.6 Å². The van der Waals surface area contributed by atoms with E-state index in [4.69, 9.17) is 5.73 Å². The Balaban J connectivity index is 1.39. The number of fused-ring (bicyclic) bond motifs is 6. The first-order valence-corrected chi connectivity index (χ1v) is 15.0. The minimum absolute atomic E-state index is 0.0179. The maximum Gasteiger partial charge on any atom is 0.0547 e. The second kappa shape index (κ2) is 8.82. The monoisotopic (exact) mass is 541 g/mol. The van der Waals surface area contributed by atoms with Gasteiger partial charge in [0.1, 0.15) is 0 Å². The fourth-order valence-electron chi connectivity index (χ4n) is 7.51. The van der Waals surface area contributed by atoms with Crippen LogP contribution in [0.15, 0.2) is 121 Å². The Morgan fingerprint density at radius 3 is 2.19 bits per heavy atom. The van der Waals surface area contributed by atoms with Crippen LogP contribution in [0.1, 0.15) is 30.5 Å². The van der Waals surface area contributed by atoms with E-state index in [1.807, 2.05) is 0 Å². The second-order valence-electron chi connectivity index (χ2n) is 12.0. The smallest absolute Gasteiger partial charge is 0.0547 e. The molecule has 2 aliphatic rings. The van der Waals surface area contributed by atoms with Crippen molar-refractivity contribution in [3.05, 3.63) is 132 Å². The van der Waals surface area contributed by atoms with Crippen LogP contribution in [0.5, 0.6) is 0 Å². The molecule has 0 bridgehead atoms. The minimum Gasteiger partial charge on any atom is -0.338 e. The van der Waals surface area contributed by atoms with Crippen LogP contribution >= 0.6 is 0 Å². The lowest BCUT2D eigenvalue weighted by Crippen LogP contribution is -2.11. The van der Waals surface area contributed by atoms with Crippen molar-refractivity contribution in [2.24, 2.45) is 11.7 Å². The second-order valence-corrected chi connectivity index (χ2v) is 12.0. The van der Waals surface area contributed by atoms with Crippen molar-refractivity contribution in [2.75, 3.05) is 0 Å². The molecule has 9 rings (SSSR count). The summed E-state index contributed by atoms with van der Waals surface area (Å²) in [6, 6.07) is 38.1. The van der Waals surface area contributed by atoms with E-state index in [-0.39, 0.29) is 6.04 Å². The molecule has 2 N–H and O–H groups in total. The van der Waals surface area contributed by atoms with Crippen LogP contribution in [0.25, 0.3) is 66.0 Å². The summed E-state index contributed by atoms with van der Waals surface area (Å²) < 4.78 is 4.90. The number of hydrogen-bond acceptors (Lipinski definition) is 1. The number of nitrogens with two attached hydrogens (primary N) is 1. The molecule has 0 amide bonds. The van der Waals surface area contributed by atoms with Crippen molar-refractivity contribution in [3.8, 4) is 16.8 Å². The third kappa shape index (κ3) is 3.32. The Morgan fingerprint density at radius 2 is 1.38 bits per heavy atom. The van der Waals surface area contributed by atoms with Gasteiger partial charge in [-0.25, -0.2) is 0 Å². The minimum atomic E-state index is -0.0179. The highest BCUT2D eigenvalue weighted by Crippen LogP contribution is 2.43. The third-order valence-corrected chi connectivity index (χ3v) is 9.56. The van der Waals surface area contributed by atoms with Crippen molar-refractivity contribution in [2.45, 2.75) is 25.9 Å². The molecule has 3 heteroatoms. The van der Waals surface area contributed by atoms with Gasteiger partial charge in [0.15, 0.2) is 0 Å². The van der Waals surface area contributed by atoms with Gasteiger partial charge in [0, 0.05) is 45.3 Å². The number of nitrogens with zero attached hydrogens (tertiary/aromatic N) is 2. The summed E-state index contributed by atoms with van der Waals surface area (Å²) in [6.07, 6.45) is 7.84. The molecule has 0 saturated heterocycles. The Labute approximate surface area is 244 Å². The number of rotatable bonds is 3. The topological polar surface area (TPSA) is 35.9 Å². The van der Waals surface area contributed by atoms with Gasteiger partial charge in [-0.1, -0.05) is 97.9 Å². The van der Waals surface area contributed by atoms with Gasteiger partial charge < -0.3 is 14.9 Å². The van der Waals surface area contributed by atoms with E-state index in [0.717, 1.165) is 13.0 Å². The van der Waals surface area contributed by atoms with E-state index >= 15 is 0 Å². The predicted molar refractivity (Wildman–Crippen MR) is 177 cm³/mol. The zero-order valence-corrected chi connectivity index (χ0v) is 23.6. The first kappa shape index (κ1) is 23.8. The van der Waals surface area contributed by atoms with Crippen LogP contribution in [0.4, 0.5) is 0 Å². The molecule has 1 aliphatic carbocycles. The molecule has 5 aromatic carbocycles. The number of para-hydroxylation sites is 1. The molecule has 0 fully saturated rings. The standard InChI is InChI=1S/C39H31N3/c1-24-9-5-6-12-29(24)27-16-18-32-31-17-15-26(25-10-3-2-4-11-25)19-37(31)42(38(32)20-27)28-21-33-30-13-7-8-14-36(30)41-23-35(40)34(22-28)39(33)41/h2-8,10-22,24,35H,9,23,40H2,1H3. The quantitative estimate of drug-likeness (QED) is 0.238. The first-order valence-electron chi connectivity index (χ1n) is 15.0. The molecule has 1 aliphatic heterocycles. The normalized spacial score (nSPS) is 18.1. The molecule has 2 aromatic heterocycles. The molecule has 2 atom stereocenters. The molecule has 7 aromatic rings. The van der Waals surface area contributed by atoms with Gasteiger partial charge in [-0.3, -0.25) is 0 Å². The van der Waals surface area contributed by atoms with Gasteiger partial charge >= 0.3 is 0 Å². The highest BCUT2D eigenvalue weighted by molar-refractivity contribution is 6.13. The van der Waals surface area contributed by atoms with Crippen molar-refractivity contribution < 1.29 is 0 Å². The van der Waals surface area contributed by atoms with E-state index in [1.54, 1.807) is 0 Å². The van der Waals surface area contributed by atoms with E-state index in [9.17, 15) is 0 Å². The molecule has 3 nitrogen and oxygen atoms in total. The summed E-state index contributed by atoms with van der Waals surface area (Å²) in [7, 11) is 0.